The lowest BCUT2D eigenvalue weighted by Gasteiger charge is -2.31. The Morgan fingerprint density at radius 1 is 1.24 bits per heavy atom. The molecule has 1 aliphatic heterocycles. The molecule has 3 aromatic rings. The molecule has 4 N–H and O–H groups in total. The van der Waals surface area contributed by atoms with E-state index in [0.717, 1.165) is 35.3 Å². The van der Waals surface area contributed by atoms with Gasteiger partial charge in [-0.3, -0.25) is 8.98 Å². The molecule has 37 heavy (non-hydrogen) atoms. The Morgan fingerprint density at radius 3 is 2.73 bits per heavy atom. The molecule has 0 spiro atoms. The first-order valence-corrected chi connectivity index (χ1v) is 14.5. The molecule has 11 heteroatoms. The highest BCUT2D eigenvalue weighted by Gasteiger charge is 2.45. The van der Waals surface area contributed by atoms with Crippen molar-refractivity contribution in [1.29, 1.82) is 0 Å². The maximum Gasteiger partial charge on any atom is 0.333 e. The van der Waals surface area contributed by atoms with Crippen LogP contribution in [0.5, 0.6) is 0 Å². The first kappa shape index (κ1) is 26.1. The minimum absolute atomic E-state index is 0.197. The second-order valence-corrected chi connectivity index (χ2v) is 12.3. The van der Waals surface area contributed by atoms with Crippen LogP contribution in [0.2, 0.25) is 0 Å². The van der Waals surface area contributed by atoms with Gasteiger partial charge in [0.05, 0.1) is 22.7 Å². The Kier molecular flexibility index (Phi) is 7.03. The Labute approximate surface area is 220 Å². The second-order valence-electron chi connectivity index (χ2n) is 9.81. The van der Waals surface area contributed by atoms with Gasteiger partial charge < -0.3 is 10.5 Å². The fraction of sp³-hybridized carbons (Fsp3) is 0.423. The summed E-state index contributed by atoms with van der Waals surface area (Å²) >= 11 is 1.43. The third kappa shape index (κ3) is 4.99. The van der Waals surface area contributed by atoms with Gasteiger partial charge in [-0.05, 0) is 44.2 Å². The highest BCUT2D eigenvalue weighted by atomic mass is 32.2. The number of carbonyl (C=O) groups excluding carboxylic acids is 1. The van der Waals surface area contributed by atoms with E-state index in [-0.39, 0.29) is 18.3 Å². The Morgan fingerprint density at radius 2 is 2.03 bits per heavy atom. The van der Waals surface area contributed by atoms with Crippen LogP contribution >= 0.6 is 11.3 Å². The van der Waals surface area contributed by atoms with E-state index in [1.807, 2.05) is 31.2 Å². The van der Waals surface area contributed by atoms with Gasteiger partial charge in [0.15, 0.2) is 0 Å². The number of hydrogen-bond acceptors (Lipinski definition) is 9. The van der Waals surface area contributed by atoms with Crippen LogP contribution in [-0.4, -0.2) is 42.9 Å². The molecule has 2 unspecified atom stereocenters. The Hall–Kier alpha value is -2.54. The summed E-state index contributed by atoms with van der Waals surface area (Å²) in [6, 6.07) is 12.1. The zero-order chi connectivity index (χ0) is 26.3. The molecule has 0 amide bonds. The van der Waals surface area contributed by atoms with Gasteiger partial charge in [0.2, 0.25) is 5.78 Å². The highest BCUT2D eigenvalue weighted by molar-refractivity contribution is 7.84. The smallest absolute Gasteiger partial charge is 0.333 e. The number of aromatic nitrogens is 2. The molecule has 2 fully saturated rings. The lowest BCUT2D eigenvalue weighted by Crippen LogP contribution is -2.48. The summed E-state index contributed by atoms with van der Waals surface area (Å²) in [7, 11) is -4.15. The summed E-state index contributed by atoms with van der Waals surface area (Å²) in [5, 5.41) is 5.04. The number of benzene rings is 1. The summed E-state index contributed by atoms with van der Waals surface area (Å²) < 4.78 is 34.1. The molecule has 0 radical (unpaired) electrons. The average Bonchev–Trinajstić information content (AvgIpc) is 3.62. The minimum atomic E-state index is -4.15. The highest BCUT2D eigenvalue weighted by Crippen LogP contribution is 2.46. The van der Waals surface area contributed by atoms with Gasteiger partial charge in [-0.1, -0.05) is 36.8 Å². The van der Waals surface area contributed by atoms with E-state index in [2.05, 4.69) is 22.1 Å². The standard InChI is InChI=1S/C26H30N4O5S2/c1-17-21(26(11-6-12-34-26)18-7-3-2-4-8-18)13-22(36-17)24(31)19-14-29-16-30-23(19)20-9-5-10-25(20,27)15-35-37(28,32)33/h2-4,7-8,13-14,16,20H,5-6,9-12,15,27H2,1H3,(H2,28,32,33)/t20?,25?,26-/m0/s1. The third-order valence-corrected chi connectivity index (χ3v) is 8.97. The topological polar surface area (TPSA) is 147 Å². The minimum Gasteiger partial charge on any atom is -0.365 e. The molecule has 1 saturated heterocycles. The Balaban J connectivity index is 1.50. The number of nitrogens with two attached hydrogens (primary N) is 2. The van der Waals surface area contributed by atoms with Crippen molar-refractivity contribution < 1.29 is 22.1 Å². The van der Waals surface area contributed by atoms with Crippen molar-refractivity contribution in [1.82, 2.24) is 9.97 Å². The first-order valence-electron chi connectivity index (χ1n) is 12.2. The molecule has 196 valence electrons. The second kappa shape index (κ2) is 9.97. The van der Waals surface area contributed by atoms with E-state index in [4.69, 9.17) is 19.8 Å². The van der Waals surface area contributed by atoms with Gasteiger partial charge in [0.25, 0.3) is 0 Å². The van der Waals surface area contributed by atoms with Crippen LogP contribution in [0.15, 0.2) is 48.9 Å². The monoisotopic (exact) mass is 542 g/mol. The van der Waals surface area contributed by atoms with E-state index >= 15 is 0 Å². The van der Waals surface area contributed by atoms with Gasteiger partial charge in [-0.15, -0.1) is 11.3 Å². The van der Waals surface area contributed by atoms with Crippen molar-refractivity contribution in [3.05, 3.63) is 81.1 Å². The fourth-order valence-corrected chi connectivity index (χ4v) is 7.16. The molecule has 2 aromatic heterocycles. The first-order chi connectivity index (χ1) is 17.6. The molecule has 0 bridgehead atoms. The summed E-state index contributed by atoms with van der Waals surface area (Å²) in [5.74, 6) is -0.580. The molecule has 5 rings (SSSR count). The molecule has 1 saturated carbocycles. The van der Waals surface area contributed by atoms with Crippen LogP contribution in [0.3, 0.4) is 0 Å². The summed E-state index contributed by atoms with van der Waals surface area (Å²) in [6.07, 6.45) is 6.57. The molecule has 1 aromatic carbocycles. The maximum absolute atomic E-state index is 13.9. The van der Waals surface area contributed by atoms with Gasteiger partial charge in [-0.25, -0.2) is 15.1 Å². The number of aryl methyl sites for hydroxylation is 1. The number of carbonyl (C=O) groups is 1. The molecule has 9 nitrogen and oxygen atoms in total. The molecular formula is C26H30N4O5S2. The van der Waals surface area contributed by atoms with Crippen LogP contribution in [0, 0.1) is 6.92 Å². The third-order valence-electron chi connectivity index (χ3n) is 7.48. The van der Waals surface area contributed by atoms with Crippen LogP contribution < -0.4 is 10.9 Å². The zero-order valence-electron chi connectivity index (χ0n) is 20.6. The predicted molar refractivity (Wildman–Crippen MR) is 139 cm³/mol. The Bertz CT molecular complexity index is 1400. The SMILES string of the molecule is Cc1sc(C(=O)c2cncnc2C2CCCC2(N)COS(N)(=O)=O)cc1[C@@]1(c2ccccc2)CCCO1. The molecular weight excluding hydrogens is 512 g/mol. The average molecular weight is 543 g/mol. The molecule has 2 aliphatic rings. The number of ketones is 1. The maximum atomic E-state index is 13.9. The van der Waals surface area contributed by atoms with E-state index in [0.29, 0.717) is 35.6 Å². The van der Waals surface area contributed by atoms with Crippen molar-refractivity contribution in [2.45, 2.75) is 56.1 Å². The number of hydrogen-bond donors (Lipinski definition) is 2. The van der Waals surface area contributed by atoms with Crippen molar-refractivity contribution in [3.8, 4) is 0 Å². The lowest BCUT2D eigenvalue weighted by molar-refractivity contribution is 0.0358. The van der Waals surface area contributed by atoms with Gasteiger partial charge in [0.1, 0.15) is 11.9 Å². The molecule has 1 aliphatic carbocycles. The number of ether oxygens (including phenoxy) is 1. The largest absolute Gasteiger partial charge is 0.365 e. The van der Waals surface area contributed by atoms with Gasteiger partial charge >= 0.3 is 10.3 Å². The lowest BCUT2D eigenvalue weighted by atomic mass is 9.83. The fourth-order valence-electron chi connectivity index (χ4n) is 5.73. The van der Waals surface area contributed by atoms with E-state index < -0.39 is 21.4 Å². The predicted octanol–water partition coefficient (Wildman–Crippen LogP) is 3.32. The number of rotatable bonds is 8. The normalized spacial score (nSPS) is 26.0. The van der Waals surface area contributed by atoms with Crippen LogP contribution in [0.4, 0.5) is 0 Å². The van der Waals surface area contributed by atoms with Gasteiger partial charge in [-0.2, -0.15) is 8.42 Å². The molecule has 3 heterocycles. The van der Waals surface area contributed by atoms with E-state index in [1.165, 1.54) is 23.9 Å². The quantitative estimate of drug-likeness (QED) is 0.412. The van der Waals surface area contributed by atoms with Crippen molar-refractivity contribution in [2.75, 3.05) is 13.2 Å². The van der Waals surface area contributed by atoms with Crippen LogP contribution in [0.1, 0.15) is 75.0 Å². The van der Waals surface area contributed by atoms with E-state index in [1.54, 1.807) is 0 Å². The zero-order valence-corrected chi connectivity index (χ0v) is 22.2. The van der Waals surface area contributed by atoms with Crippen molar-refractivity contribution >= 4 is 27.4 Å². The van der Waals surface area contributed by atoms with Crippen molar-refractivity contribution in [3.63, 3.8) is 0 Å². The van der Waals surface area contributed by atoms with Gasteiger partial charge in [0, 0.05) is 34.7 Å². The summed E-state index contributed by atoms with van der Waals surface area (Å²) in [4.78, 5) is 24.0. The number of thiophene rings is 1. The number of nitrogens with zero attached hydrogens (tertiary/aromatic N) is 2. The van der Waals surface area contributed by atoms with Crippen LogP contribution in [0.25, 0.3) is 0 Å². The molecule has 3 atom stereocenters. The summed E-state index contributed by atoms with van der Waals surface area (Å²) in [6.45, 7) is 2.39. The van der Waals surface area contributed by atoms with Crippen molar-refractivity contribution in [2.24, 2.45) is 10.9 Å². The van der Waals surface area contributed by atoms with E-state index in [9.17, 15) is 13.2 Å². The summed E-state index contributed by atoms with van der Waals surface area (Å²) in [5.41, 5.74) is 7.93. The van der Waals surface area contributed by atoms with Crippen LogP contribution in [-0.2, 0) is 24.8 Å².